The summed E-state index contributed by atoms with van der Waals surface area (Å²) in [5.41, 5.74) is 2.08. The largest absolute Gasteiger partial charge is 0.353 e. The zero-order chi connectivity index (χ0) is 16.6. The van der Waals surface area contributed by atoms with Gasteiger partial charge in [0.25, 0.3) is 0 Å². The fraction of sp³-hybridized carbons (Fsp3) is 0.529. The molecule has 124 valence electrons. The summed E-state index contributed by atoms with van der Waals surface area (Å²) in [6, 6.07) is 4.48. The lowest BCUT2D eigenvalue weighted by Gasteiger charge is -2.32. The average Bonchev–Trinajstić information content (AvgIpc) is 3.04. The first-order valence-corrected chi connectivity index (χ1v) is 8.84. The Labute approximate surface area is 141 Å². The molecule has 23 heavy (non-hydrogen) atoms. The van der Waals surface area contributed by atoms with Crippen LogP contribution < -0.4 is 5.32 Å². The second kappa shape index (κ2) is 6.45. The molecule has 1 aliphatic rings. The Morgan fingerprint density at radius 2 is 2.26 bits per heavy atom. The predicted molar refractivity (Wildman–Crippen MR) is 92.4 cm³/mol. The minimum atomic E-state index is -0.158. The summed E-state index contributed by atoms with van der Waals surface area (Å²) in [6.07, 6.45) is 1.82. The molecular weight excluding hydrogens is 308 g/mol. The molecule has 1 atom stereocenters. The standard InChI is InChI=1S/C17H24N4OS/c1-11(2)19-17(22)14-8-21(7-13-6-5-12(3)23-13)9-15-16(14)20(4)10-18-15/h5-6,10-11,14H,7-9H2,1-4H3,(H,19,22)/t14-/m0/s1. The molecule has 1 amide bonds. The Hall–Kier alpha value is -1.66. The molecule has 2 aromatic heterocycles. The number of carbonyl (C=O) groups excluding carboxylic acids is 1. The van der Waals surface area contributed by atoms with E-state index in [0.29, 0.717) is 0 Å². The van der Waals surface area contributed by atoms with Crippen LogP contribution in [0.15, 0.2) is 18.5 Å². The van der Waals surface area contributed by atoms with Crippen molar-refractivity contribution >= 4 is 17.2 Å². The molecule has 6 heteroatoms. The SMILES string of the molecule is Cc1ccc(CN2Cc3ncn(C)c3[C@@H](C(=O)NC(C)C)C2)s1. The molecule has 0 fully saturated rings. The minimum absolute atomic E-state index is 0.0944. The summed E-state index contributed by atoms with van der Waals surface area (Å²) < 4.78 is 1.99. The Kier molecular flexibility index (Phi) is 4.55. The number of rotatable bonds is 4. The Bertz CT molecular complexity index is 703. The average molecular weight is 332 g/mol. The van der Waals surface area contributed by atoms with E-state index in [-0.39, 0.29) is 17.9 Å². The molecule has 0 spiro atoms. The van der Waals surface area contributed by atoms with Crippen LogP contribution in [0.4, 0.5) is 0 Å². The number of aryl methyl sites for hydroxylation is 2. The smallest absolute Gasteiger partial charge is 0.230 e. The monoisotopic (exact) mass is 332 g/mol. The fourth-order valence-electron chi connectivity index (χ4n) is 3.18. The number of fused-ring (bicyclic) bond motifs is 1. The van der Waals surface area contributed by atoms with Crippen LogP contribution in [0, 0.1) is 6.92 Å². The molecule has 5 nitrogen and oxygen atoms in total. The van der Waals surface area contributed by atoms with Crippen LogP contribution in [0.25, 0.3) is 0 Å². The highest BCUT2D eigenvalue weighted by atomic mass is 32.1. The number of nitrogens with zero attached hydrogens (tertiary/aromatic N) is 3. The molecule has 0 aromatic carbocycles. The van der Waals surface area contributed by atoms with Crippen LogP contribution >= 0.6 is 11.3 Å². The number of carbonyl (C=O) groups is 1. The molecule has 0 saturated heterocycles. The molecule has 0 aliphatic carbocycles. The summed E-state index contributed by atoms with van der Waals surface area (Å²) in [6.45, 7) is 8.54. The van der Waals surface area contributed by atoms with Crippen LogP contribution in [0.5, 0.6) is 0 Å². The first-order valence-electron chi connectivity index (χ1n) is 8.02. The van der Waals surface area contributed by atoms with Crippen molar-refractivity contribution in [1.29, 1.82) is 0 Å². The third kappa shape index (κ3) is 3.48. The highest BCUT2D eigenvalue weighted by Crippen LogP contribution is 2.29. The highest BCUT2D eigenvalue weighted by Gasteiger charge is 2.34. The summed E-state index contributed by atoms with van der Waals surface area (Å²) >= 11 is 1.82. The van der Waals surface area contributed by atoms with Crippen LogP contribution in [-0.4, -0.2) is 32.9 Å². The van der Waals surface area contributed by atoms with Crippen molar-refractivity contribution in [3.63, 3.8) is 0 Å². The quantitative estimate of drug-likeness (QED) is 0.935. The van der Waals surface area contributed by atoms with E-state index in [9.17, 15) is 4.79 Å². The van der Waals surface area contributed by atoms with E-state index < -0.39 is 0 Å². The first-order chi connectivity index (χ1) is 10.9. The van der Waals surface area contributed by atoms with Crippen molar-refractivity contribution in [3.05, 3.63) is 39.6 Å². The van der Waals surface area contributed by atoms with Crippen LogP contribution in [-0.2, 0) is 24.9 Å². The summed E-state index contributed by atoms with van der Waals surface area (Å²) in [5, 5.41) is 3.05. The molecule has 1 N–H and O–H groups in total. The lowest BCUT2D eigenvalue weighted by Crippen LogP contribution is -2.43. The van der Waals surface area contributed by atoms with E-state index in [0.717, 1.165) is 31.0 Å². The molecular formula is C17H24N4OS. The number of nitrogens with one attached hydrogen (secondary N) is 1. The Balaban J connectivity index is 1.83. The third-order valence-corrected chi connectivity index (χ3v) is 5.11. The van der Waals surface area contributed by atoms with E-state index in [1.807, 2.05) is 43.1 Å². The minimum Gasteiger partial charge on any atom is -0.353 e. The van der Waals surface area contributed by atoms with Gasteiger partial charge in [-0.25, -0.2) is 4.98 Å². The molecule has 0 radical (unpaired) electrons. The lowest BCUT2D eigenvalue weighted by molar-refractivity contribution is -0.124. The second-order valence-corrected chi connectivity index (χ2v) is 7.96. The lowest BCUT2D eigenvalue weighted by atomic mass is 9.96. The Morgan fingerprint density at radius 3 is 2.91 bits per heavy atom. The molecule has 0 saturated carbocycles. The first kappa shape index (κ1) is 16.2. The highest BCUT2D eigenvalue weighted by molar-refractivity contribution is 7.11. The fourth-order valence-corrected chi connectivity index (χ4v) is 4.11. The number of thiophene rings is 1. The third-order valence-electron chi connectivity index (χ3n) is 4.13. The Morgan fingerprint density at radius 1 is 1.48 bits per heavy atom. The van der Waals surface area contributed by atoms with E-state index in [1.54, 1.807) is 0 Å². The maximum absolute atomic E-state index is 12.6. The number of aromatic nitrogens is 2. The van der Waals surface area contributed by atoms with Gasteiger partial charge in [0.1, 0.15) is 0 Å². The summed E-state index contributed by atoms with van der Waals surface area (Å²) in [5.74, 6) is -0.0633. The van der Waals surface area contributed by atoms with Crippen molar-refractivity contribution in [2.75, 3.05) is 6.54 Å². The van der Waals surface area contributed by atoms with E-state index in [4.69, 9.17) is 0 Å². The van der Waals surface area contributed by atoms with Gasteiger partial charge in [-0.2, -0.15) is 0 Å². The maximum atomic E-state index is 12.6. The number of imidazole rings is 1. The van der Waals surface area contributed by atoms with Gasteiger partial charge in [0.15, 0.2) is 0 Å². The van der Waals surface area contributed by atoms with E-state index >= 15 is 0 Å². The van der Waals surface area contributed by atoms with Gasteiger partial charge in [0, 0.05) is 42.5 Å². The summed E-state index contributed by atoms with van der Waals surface area (Å²) in [4.78, 5) is 22.1. The van der Waals surface area contributed by atoms with Crippen LogP contribution in [0.2, 0.25) is 0 Å². The van der Waals surface area contributed by atoms with Crippen LogP contribution in [0.3, 0.4) is 0 Å². The molecule has 3 rings (SSSR count). The molecule has 0 bridgehead atoms. The van der Waals surface area contributed by atoms with Gasteiger partial charge in [-0.3, -0.25) is 9.69 Å². The number of hydrogen-bond donors (Lipinski definition) is 1. The van der Waals surface area contributed by atoms with Gasteiger partial charge in [-0.1, -0.05) is 0 Å². The number of amides is 1. The van der Waals surface area contributed by atoms with Crippen LogP contribution in [0.1, 0.15) is 40.9 Å². The molecule has 1 aliphatic heterocycles. The van der Waals surface area contributed by atoms with Crippen molar-refractivity contribution < 1.29 is 4.79 Å². The van der Waals surface area contributed by atoms with Gasteiger partial charge >= 0.3 is 0 Å². The van der Waals surface area contributed by atoms with Gasteiger partial charge in [-0.05, 0) is 32.9 Å². The predicted octanol–water partition coefficient (Wildman–Crippen LogP) is 2.41. The zero-order valence-corrected chi connectivity index (χ0v) is 15.0. The van der Waals surface area contributed by atoms with Gasteiger partial charge in [-0.15, -0.1) is 11.3 Å². The van der Waals surface area contributed by atoms with Crippen molar-refractivity contribution in [1.82, 2.24) is 19.8 Å². The molecule has 2 aromatic rings. The van der Waals surface area contributed by atoms with E-state index in [1.165, 1.54) is 9.75 Å². The maximum Gasteiger partial charge on any atom is 0.230 e. The van der Waals surface area contributed by atoms with Crippen molar-refractivity contribution in [2.24, 2.45) is 7.05 Å². The molecule has 0 unspecified atom stereocenters. The zero-order valence-electron chi connectivity index (χ0n) is 14.2. The van der Waals surface area contributed by atoms with Gasteiger partial charge in [0.05, 0.1) is 23.6 Å². The molecule has 3 heterocycles. The van der Waals surface area contributed by atoms with Gasteiger partial charge < -0.3 is 9.88 Å². The number of hydrogen-bond acceptors (Lipinski definition) is 4. The van der Waals surface area contributed by atoms with Crippen molar-refractivity contribution in [3.8, 4) is 0 Å². The summed E-state index contributed by atoms with van der Waals surface area (Å²) in [7, 11) is 1.97. The normalized spacial score (nSPS) is 18.2. The second-order valence-electron chi connectivity index (χ2n) is 6.59. The van der Waals surface area contributed by atoms with E-state index in [2.05, 4.69) is 34.3 Å². The van der Waals surface area contributed by atoms with Gasteiger partial charge in [0.2, 0.25) is 5.91 Å². The topological polar surface area (TPSA) is 50.2 Å². The van der Waals surface area contributed by atoms with Crippen molar-refractivity contribution in [2.45, 2.75) is 45.8 Å².